The Labute approximate surface area is 167 Å². The summed E-state index contributed by atoms with van der Waals surface area (Å²) in [5.74, 6) is 5.18. The highest BCUT2D eigenvalue weighted by molar-refractivity contribution is 5.46. The van der Waals surface area contributed by atoms with E-state index in [1.54, 1.807) is 0 Å². The molecule has 0 radical (unpaired) electrons. The second-order valence-corrected chi connectivity index (χ2v) is 7.77. The molecule has 148 valence electrons. The van der Waals surface area contributed by atoms with Crippen molar-refractivity contribution in [1.82, 2.24) is 0 Å². The van der Waals surface area contributed by atoms with Crippen LogP contribution in [0.15, 0.2) is 36.4 Å². The number of benzene rings is 2. The van der Waals surface area contributed by atoms with Crippen LogP contribution >= 0.6 is 0 Å². The number of unbranched alkanes of at least 4 members (excludes halogenated alkanes) is 1. The molecule has 2 aromatic carbocycles. The molecule has 1 aliphatic carbocycles. The minimum Gasteiger partial charge on any atom is -0.490 e. The average Bonchev–Trinajstić information content (AvgIpc) is 2.72. The van der Waals surface area contributed by atoms with Crippen molar-refractivity contribution in [1.29, 1.82) is 0 Å². The van der Waals surface area contributed by atoms with Crippen molar-refractivity contribution >= 4 is 0 Å². The zero-order chi connectivity index (χ0) is 19.9. The van der Waals surface area contributed by atoms with Gasteiger partial charge in [-0.2, -0.15) is 4.39 Å². The molecule has 1 fully saturated rings. The maximum absolute atomic E-state index is 14.3. The number of ether oxygens (including phenoxy) is 1. The van der Waals surface area contributed by atoms with E-state index in [-0.39, 0.29) is 11.3 Å². The second kappa shape index (κ2) is 9.73. The minimum atomic E-state index is -0.968. The summed E-state index contributed by atoms with van der Waals surface area (Å²) in [5.41, 5.74) is 2.20. The fourth-order valence-corrected chi connectivity index (χ4v) is 3.64. The zero-order valence-electron chi connectivity index (χ0n) is 16.7. The molecule has 0 unspecified atom stereocenters. The summed E-state index contributed by atoms with van der Waals surface area (Å²) in [6.07, 6.45) is 6.79. The highest BCUT2D eigenvalue weighted by atomic mass is 19.2. The molecule has 0 amide bonds. The third-order valence-corrected chi connectivity index (χ3v) is 5.54. The van der Waals surface area contributed by atoms with Gasteiger partial charge >= 0.3 is 0 Å². The number of hydrogen-bond donors (Lipinski definition) is 0. The van der Waals surface area contributed by atoms with E-state index in [1.165, 1.54) is 43.4 Å². The molecular formula is C25H28F2O. The van der Waals surface area contributed by atoms with Crippen molar-refractivity contribution in [3.05, 3.63) is 64.7 Å². The van der Waals surface area contributed by atoms with Gasteiger partial charge in [0.2, 0.25) is 5.82 Å². The fourth-order valence-electron chi connectivity index (χ4n) is 3.64. The van der Waals surface area contributed by atoms with Gasteiger partial charge in [-0.1, -0.05) is 57.1 Å². The molecule has 1 nitrogen and oxygen atoms in total. The summed E-state index contributed by atoms with van der Waals surface area (Å²) < 4.78 is 33.7. The van der Waals surface area contributed by atoms with Crippen LogP contribution in [0.1, 0.15) is 75.0 Å². The summed E-state index contributed by atoms with van der Waals surface area (Å²) in [6.45, 7) is 4.71. The highest BCUT2D eigenvalue weighted by Gasteiger charge is 2.19. The Hall–Kier alpha value is -2.34. The van der Waals surface area contributed by atoms with Gasteiger partial charge in [-0.3, -0.25) is 0 Å². The van der Waals surface area contributed by atoms with E-state index >= 15 is 0 Å². The van der Waals surface area contributed by atoms with Crippen LogP contribution < -0.4 is 4.74 Å². The molecule has 0 spiro atoms. The number of rotatable bonds is 5. The van der Waals surface area contributed by atoms with Gasteiger partial charge in [0.1, 0.15) is 0 Å². The molecule has 0 saturated heterocycles. The number of hydrogen-bond acceptors (Lipinski definition) is 1. The third kappa shape index (κ3) is 5.13. The Morgan fingerprint density at radius 2 is 1.64 bits per heavy atom. The van der Waals surface area contributed by atoms with Gasteiger partial charge in [0, 0.05) is 5.56 Å². The lowest BCUT2D eigenvalue weighted by Gasteiger charge is -2.26. The van der Waals surface area contributed by atoms with Gasteiger partial charge in [-0.15, -0.1) is 0 Å². The Morgan fingerprint density at radius 3 is 2.32 bits per heavy atom. The molecule has 3 rings (SSSR count). The molecule has 2 aromatic rings. The molecule has 0 atom stereocenters. The van der Waals surface area contributed by atoms with Crippen LogP contribution in [-0.2, 0) is 0 Å². The largest absolute Gasteiger partial charge is 0.490 e. The van der Waals surface area contributed by atoms with Crippen LogP contribution in [-0.4, -0.2) is 6.61 Å². The molecular weight excluding hydrogens is 354 g/mol. The summed E-state index contributed by atoms with van der Waals surface area (Å²) >= 11 is 0. The van der Waals surface area contributed by atoms with Crippen molar-refractivity contribution < 1.29 is 13.5 Å². The van der Waals surface area contributed by atoms with Crippen LogP contribution in [0.5, 0.6) is 5.75 Å². The van der Waals surface area contributed by atoms with Crippen molar-refractivity contribution in [2.24, 2.45) is 5.92 Å². The molecule has 0 heterocycles. The first-order chi connectivity index (χ1) is 13.6. The SMILES string of the molecule is CCCCOc1ccc(C#Cc2ccc(C3CCC(C)CC3)cc2)c(F)c1F. The van der Waals surface area contributed by atoms with E-state index in [1.807, 2.05) is 19.1 Å². The van der Waals surface area contributed by atoms with Crippen LogP contribution in [0, 0.1) is 29.4 Å². The van der Waals surface area contributed by atoms with Crippen molar-refractivity contribution in [3.8, 4) is 17.6 Å². The Bertz CT molecular complexity index is 837. The summed E-state index contributed by atoms with van der Waals surface area (Å²) in [7, 11) is 0. The monoisotopic (exact) mass is 382 g/mol. The third-order valence-electron chi connectivity index (χ3n) is 5.54. The lowest BCUT2D eigenvalue weighted by Crippen LogP contribution is -2.10. The van der Waals surface area contributed by atoms with E-state index in [9.17, 15) is 8.78 Å². The van der Waals surface area contributed by atoms with E-state index in [0.29, 0.717) is 12.5 Å². The zero-order valence-corrected chi connectivity index (χ0v) is 16.7. The molecule has 1 aliphatic rings. The normalized spacial score (nSPS) is 19.0. The molecule has 1 saturated carbocycles. The van der Waals surface area contributed by atoms with Gasteiger partial charge < -0.3 is 4.74 Å². The molecule has 0 bridgehead atoms. The Morgan fingerprint density at radius 1 is 0.929 bits per heavy atom. The maximum Gasteiger partial charge on any atom is 0.201 e. The molecule has 0 aliphatic heterocycles. The summed E-state index contributed by atoms with van der Waals surface area (Å²) in [6, 6.07) is 11.1. The van der Waals surface area contributed by atoms with Crippen molar-refractivity contribution in [2.45, 2.75) is 58.3 Å². The predicted octanol–water partition coefficient (Wildman–Crippen LogP) is 6.84. The molecule has 28 heavy (non-hydrogen) atoms. The molecule has 0 aromatic heterocycles. The minimum absolute atomic E-state index is 0.0469. The maximum atomic E-state index is 14.3. The van der Waals surface area contributed by atoms with E-state index < -0.39 is 11.6 Å². The number of halogens is 2. The topological polar surface area (TPSA) is 9.23 Å². The summed E-state index contributed by atoms with van der Waals surface area (Å²) in [4.78, 5) is 0. The second-order valence-electron chi connectivity index (χ2n) is 7.77. The van der Waals surface area contributed by atoms with E-state index in [4.69, 9.17) is 4.74 Å². The first-order valence-corrected chi connectivity index (χ1v) is 10.3. The van der Waals surface area contributed by atoms with Gasteiger partial charge in [0.25, 0.3) is 0 Å². The first kappa shape index (κ1) is 20.4. The quantitative estimate of drug-likeness (QED) is 0.406. The first-order valence-electron chi connectivity index (χ1n) is 10.3. The van der Waals surface area contributed by atoms with Crippen molar-refractivity contribution in [3.63, 3.8) is 0 Å². The highest BCUT2D eigenvalue weighted by Crippen LogP contribution is 2.35. The smallest absolute Gasteiger partial charge is 0.201 e. The summed E-state index contributed by atoms with van der Waals surface area (Å²) in [5, 5.41) is 0. The van der Waals surface area contributed by atoms with Crippen molar-refractivity contribution in [2.75, 3.05) is 6.61 Å². The molecule has 0 N–H and O–H groups in total. The lowest BCUT2D eigenvalue weighted by molar-refractivity contribution is 0.288. The van der Waals surface area contributed by atoms with Gasteiger partial charge in [0.15, 0.2) is 11.6 Å². The van der Waals surface area contributed by atoms with Crippen LogP contribution in [0.4, 0.5) is 8.78 Å². The van der Waals surface area contributed by atoms with Gasteiger partial charge in [-0.25, -0.2) is 4.39 Å². The fraction of sp³-hybridized carbons (Fsp3) is 0.440. The average molecular weight is 382 g/mol. The Kier molecular flexibility index (Phi) is 7.09. The van der Waals surface area contributed by atoms with E-state index in [0.717, 1.165) is 24.3 Å². The Balaban J connectivity index is 1.68. The van der Waals surface area contributed by atoms with Gasteiger partial charge in [-0.05, 0) is 60.9 Å². The van der Waals surface area contributed by atoms with Gasteiger partial charge in [0.05, 0.1) is 12.2 Å². The predicted molar refractivity (Wildman–Crippen MR) is 110 cm³/mol. The standard InChI is InChI=1S/C25H28F2O/c1-3-4-17-28-23-16-15-22(24(26)25(23)27)14-9-19-7-12-21(13-8-19)20-10-5-18(2)6-11-20/h7-8,12-13,15-16,18,20H,3-6,10-11,17H2,1-2H3. The van der Waals surface area contributed by atoms with Crippen LogP contribution in [0.3, 0.4) is 0 Å². The molecule has 3 heteroatoms. The van der Waals surface area contributed by atoms with Crippen LogP contribution in [0.2, 0.25) is 0 Å². The van der Waals surface area contributed by atoms with Crippen LogP contribution in [0.25, 0.3) is 0 Å². The van der Waals surface area contributed by atoms with E-state index in [2.05, 4.69) is 30.9 Å². The lowest BCUT2D eigenvalue weighted by atomic mass is 9.79.